The Labute approximate surface area is 82.0 Å². The van der Waals surface area contributed by atoms with Gasteiger partial charge in [0.15, 0.2) is 0 Å². The Hall–Kier alpha value is -0.940. The van der Waals surface area contributed by atoms with Gasteiger partial charge in [-0.05, 0) is 6.42 Å². The van der Waals surface area contributed by atoms with E-state index < -0.39 is 12.4 Å². The Bertz CT molecular complexity index is 207. The third kappa shape index (κ3) is 4.34. The quantitative estimate of drug-likeness (QED) is 0.646. The average Bonchev–Trinajstić information content (AvgIpc) is 2.15. The van der Waals surface area contributed by atoms with Crippen molar-refractivity contribution in [2.24, 2.45) is 0 Å². The summed E-state index contributed by atoms with van der Waals surface area (Å²) in [6.45, 7) is 1.65. The van der Waals surface area contributed by atoms with Crippen molar-refractivity contribution in [2.45, 2.75) is 25.4 Å². The lowest BCUT2D eigenvalue weighted by Gasteiger charge is -2.22. The highest BCUT2D eigenvalue weighted by atomic mass is 16.6. The predicted molar refractivity (Wildman–Crippen MR) is 47.1 cm³/mol. The Balaban J connectivity index is 2.12. The normalized spacial score (nSPS) is 21.9. The van der Waals surface area contributed by atoms with Crippen LogP contribution in [0.2, 0.25) is 0 Å². The molecule has 80 valence electrons. The summed E-state index contributed by atoms with van der Waals surface area (Å²) >= 11 is 0. The van der Waals surface area contributed by atoms with Crippen LogP contribution in [0, 0.1) is 0 Å². The smallest absolute Gasteiger partial charge is 0.310 e. The summed E-state index contributed by atoms with van der Waals surface area (Å²) in [6, 6.07) is 0. The number of hydrogen-bond acceptors (Lipinski definition) is 4. The van der Waals surface area contributed by atoms with Gasteiger partial charge in [0, 0.05) is 6.42 Å². The van der Waals surface area contributed by atoms with Crippen LogP contribution < -0.4 is 0 Å². The average molecular weight is 202 g/mol. The van der Waals surface area contributed by atoms with E-state index in [0.29, 0.717) is 26.2 Å². The second-order valence-electron chi connectivity index (χ2n) is 3.22. The summed E-state index contributed by atoms with van der Waals surface area (Å²) in [7, 11) is 0. The molecule has 1 aliphatic rings. The molecule has 0 aromatic heterocycles. The van der Waals surface area contributed by atoms with Gasteiger partial charge in [0.05, 0.1) is 25.9 Å². The minimum absolute atomic E-state index is 0.0542. The highest BCUT2D eigenvalue weighted by Crippen LogP contribution is 2.08. The summed E-state index contributed by atoms with van der Waals surface area (Å²) in [5.41, 5.74) is 0. The second-order valence-corrected chi connectivity index (χ2v) is 3.22. The maximum atomic E-state index is 11.0. The van der Waals surface area contributed by atoms with Crippen LogP contribution in [-0.4, -0.2) is 42.8 Å². The fourth-order valence-corrected chi connectivity index (χ4v) is 1.28. The van der Waals surface area contributed by atoms with Crippen LogP contribution in [0.15, 0.2) is 0 Å². The molecule has 5 heteroatoms. The van der Waals surface area contributed by atoms with Gasteiger partial charge in [-0.1, -0.05) is 0 Å². The first-order chi connectivity index (χ1) is 6.68. The van der Waals surface area contributed by atoms with Crippen LogP contribution in [0.5, 0.6) is 0 Å². The summed E-state index contributed by atoms with van der Waals surface area (Å²) in [5, 5.41) is 8.34. The van der Waals surface area contributed by atoms with Crippen molar-refractivity contribution in [3.05, 3.63) is 0 Å². The largest absolute Gasteiger partial charge is 0.481 e. The van der Waals surface area contributed by atoms with Crippen molar-refractivity contribution < 1.29 is 24.2 Å². The van der Waals surface area contributed by atoms with Gasteiger partial charge in [0.2, 0.25) is 0 Å². The third-order valence-electron chi connectivity index (χ3n) is 1.98. The van der Waals surface area contributed by atoms with Crippen molar-refractivity contribution >= 4 is 11.8 Å². The molecule has 0 bridgehead atoms. The minimum Gasteiger partial charge on any atom is -0.481 e. The summed E-state index contributed by atoms with van der Waals surface area (Å²) in [6.07, 6.45) is 0.349. The van der Waals surface area contributed by atoms with Gasteiger partial charge in [-0.25, -0.2) is 0 Å². The number of ether oxygens (including phenoxy) is 2. The lowest BCUT2D eigenvalue weighted by molar-refractivity contribution is -0.140. The zero-order chi connectivity index (χ0) is 10.4. The standard InChI is InChI=1S/C9H14O5/c10-7(5-9(11)12)1-2-8-6-13-3-4-14-8/h8H,1-6H2,(H,11,12). The first-order valence-electron chi connectivity index (χ1n) is 4.61. The lowest BCUT2D eigenvalue weighted by atomic mass is 10.1. The molecule has 0 radical (unpaired) electrons. The fourth-order valence-electron chi connectivity index (χ4n) is 1.28. The lowest BCUT2D eigenvalue weighted by Crippen LogP contribution is -2.29. The van der Waals surface area contributed by atoms with Gasteiger partial charge < -0.3 is 14.6 Å². The van der Waals surface area contributed by atoms with E-state index in [4.69, 9.17) is 14.6 Å². The van der Waals surface area contributed by atoms with Crippen molar-refractivity contribution in [1.29, 1.82) is 0 Å². The van der Waals surface area contributed by atoms with Crippen LogP contribution >= 0.6 is 0 Å². The van der Waals surface area contributed by atoms with Crippen LogP contribution in [0.4, 0.5) is 0 Å². The van der Waals surface area contributed by atoms with E-state index in [1.54, 1.807) is 0 Å². The number of Topliss-reactive ketones (excluding diaryl/α,β-unsaturated/α-hetero) is 1. The van der Waals surface area contributed by atoms with Gasteiger partial charge in [0.1, 0.15) is 12.2 Å². The Morgan fingerprint density at radius 3 is 2.71 bits per heavy atom. The first kappa shape index (κ1) is 11.1. The predicted octanol–water partition coefficient (Wildman–Crippen LogP) is 0.226. The molecule has 1 rings (SSSR count). The van der Waals surface area contributed by atoms with Crippen molar-refractivity contribution in [3.8, 4) is 0 Å². The van der Waals surface area contributed by atoms with E-state index in [1.807, 2.05) is 0 Å². The molecule has 0 saturated carbocycles. The molecule has 1 aliphatic heterocycles. The van der Waals surface area contributed by atoms with Crippen molar-refractivity contribution in [2.75, 3.05) is 19.8 Å². The van der Waals surface area contributed by atoms with E-state index in [-0.39, 0.29) is 18.3 Å². The number of hydrogen-bond donors (Lipinski definition) is 1. The fraction of sp³-hybridized carbons (Fsp3) is 0.778. The minimum atomic E-state index is -1.07. The number of carboxylic acid groups (broad SMARTS) is 1. The molecule has 0 spiro atoms. The van der Waals surface area contributed by atoms with Gasteiger partial charge >= 0.3 is 5.97 Å². The highest BCUT2D eigenvalue weighted by Gasteiger charge is 2.16. The molecule has 0 amide bonds. The van der Waals surface area contributed by atoms with E-state index in [0.717, 1.165) is 0 Å². The maximum absolute atomic E-state index is 11.0. The molecular formula is C9H14O5. The molecule has 0 aliphatic carbocycles. The van der Waals surface area contributed by atoms with E-state index >= 15 is 0 Å². The molecular weight excluding hydrogens is 188 g/mol. The molecule has 5 nitrogen and oxygen atoms in total. The molecule has 1 fully saturated rings. The first-order valence-corrected chi connectivity index (χ1v) is 4.61. The molecule has 0 aromatic carbocycles. The Morgan fingerprint density at radius 2 is 2.14 bits per heavy atom. The van der Waals surface area contributed by atoms with Crippen molar-refractivity contribution in [1.82, 2.24) is 0 Å². The van der Waals surface area contributed by atoms with Crippen LogP contribution in [0.3, 0.4) is 0 Å². The SMILES string of the molecule is O=C(O)CC(=O)CCC1COCCO1. The number of rotatable bonds is 5. The number of carbonyl (C=O) groups is 2. The van der Waals surface area contributed by atoms with E-state index in [1.165, 1.54) is 0 Å². The Kier molecular flexibility index (Phi) is 4.55. The zero-order valence-corrected chi connectivity index (χ0v) is 7.90. The molecule has 1 atom stereocenters. The van der Waals surface area contributed by atoms with Crippen LogP contribution in [-0.2, 0) is 19.1 Å². The topological polar surface area (TPSA) is 72.8 Å². The third-order valence-corrected chi connectivity index (χ3v) is 1.98. The zero-order valence-electron chi connectivity index (χ0n) is 7.90. The summed E-state index contributed by atoms with van der Waals surface area (Å²) < 4.78 is 10.5. The van der Waals surface area contributed by atoms with E-state index in [2.05, 4.69) is 0 Å². The Morgan fingerprint density at radius 1 is 1.36 bits per heavy atom. The molecule has 1 N–H and O–H groups in total. The van der Waals surface area contributed by atoms with Crippen molar-refractivity contribution in [3.63, 3.8) is 0 Å². The van der Waals surface area contributed by atoms with E-state index in [9.17, 15) is 9.59 Å². The molecule has 1 heterocycles. The van der Waals surface area contributed by atoms with Gasteiger partial charge in [-0.3, -0.25) is 9.59 Å². The highest BCUT2D eigenvalue weighted by molar-refractivity contribution is 5.94. The van der Waals surface area contributed by atoms with Crippen LogP contribution in [0.1, 0.15) is 19.3 Å². The second kappa shape index (κ2) is 5.72. The molecule has 1 unspecified atom stereocenters. The maximum Gasteiger partial charge on any atom is 0.310 e. The van der Waals surface area contributed by atoms with Crippen LogP contribution in [0.25, 0.3) is 0 Å². The molecule has 1 saturated heterocycles. The molecule has 14 heavy (non-hydrogen) atoms. The molecule has 0 aromatic rings. The summed E-state index contributed by atoms with van der Waals surface area (Å²) in [5.74, 6) is -1.33. The number of carboxylic acids is 1. The van der Waals surface area contributed by atoms with Gasteiger partial charge in [-0.15, -0.1) is 0 Å². The number of carbonyl (C=O) groups excluding carboxylic acids is 1. The number of aliphatic carboxylic acids is 1. The van der Waals surface area contributed by atoms with Gasteiger partial charge in [-0.2, -0.15) is 0 Å². The monoisotopic (exact) mass is 202 g/mol. The van der Waals surface area contributed by atoms with Gasteiger partial charge in [0.25, 0.3) is 0 Å². The number of ketones is 1. The summed E-state index contributed by atoms with van der Waals surface area (Å²) in [4.78, 5) is 21.2.